The van der Waals surface area contributed by atoms with Gasteiger partial charge in [-0.3, -0.25) is 10.1 Å². The van der Waals surface area contributed by atoms with Crippen molar-refractivity contribution in [2.45, 2.75) is 31.7 Å². The molecular weight excluding hydrogens is 326 g/mol. The molecule has 1 unspecified atom stereocenters. The predicted molar refractivity (Wildman–Crippen MR) is 78.3 cm³/mol. The van der Waals surface area contributed by atoms with Crippen LogP contribution in [0.15, 0.2) is 22.7 Å². The van der Waals surface area contributed by atoms with Gasteiger partial charge < -0.3 is 10.5 Å². The van der Waals surface area contributed by atoms with Crippen LogP contribution < -0.4 is 10.5 Å². The van der Waals surface area contributed by atoms with Gasteiger partial charge in [-0.2, -0.15) is 5.26 Å². The van der Waals surface area contributed by atoms with E-state index in [1.165, 1.54) is 12.1 Å². The Morgan fingerprint density at radius 1 is 1.50 bits per heavy atom. The molecule has 2 N–H and O–H groups in total. The maximum absolute atomic E-state index is 10.7. The average Bonchev–Trinajstić information content (AvgIpc) is 2.37. The summed E-state index contributed by atoms with van der Waals surface area (Å²) in [5.41, 5.74) is 4.87. The van der Waals surface area contributed by atoms with Gasteiger partial charge in [0.1, 0.15) is 11.3 Å². The smallest absolute Gasteiger partial charge is 0.274 e. The number of unbranched alkanes of at least 4 members (excludes halogenated alkanes) is 1. The summed E-state index contributed by atoms with van der Waals surface area (Å²) in [6.07, 6.45) is 2.08. The van der Waals surface area contributed by atoms with E-state index in [1.807, 2.05) is 6.07 Å². The van der Waals surface area contributed by atoms with Crippen LogP contribution in [0, 0.1) is 21.4 Å². The van der Waals surface area contributed by atoms with Crippen LogP contribution in [0.1, 0.15) is 26.2 Å². The summed E-state index contributed by atoms with van der Waals surface area (Å²) in [7, 11) is 0. The number of ether oxygens (including phenoxy) is 1. The number of hydrogen-bond donors (Lipinski definition) is 1. The average molecular weight is 342 g/mol. The largest absolute Gasteiger partial charge is 0.493 e. The lowest BCUT2D eigenvalue weighted by molar-refractivity contribution is -0.385. The van der Waals surface area contributed by atoms with Crippen molar-refractivity contribution in [3.63, 3.8) is 0 Å². The molecule has 0 spiro atoms. The lowest BCUT2D eigenvalue weighted by Crippen LogP contribution is -2.33. The highest BCUT2D eigenvalue weighted by Gasteiger charge is 2.16. The summed E-state index contributed by atoms with van der Waals surface area (Å²) in [5, 5.41) is 19.5. The fourth-order valence-corrected chi connectivity index (χ4v) is 2.04. The van der Waals surface area contributed by atoms with E-state index in [4.69, 9.17) is 15.7 Å². The van der Waals surface area contributed by atoms with E-state index in [9.17, 15) is 10.1 Å². The lowest BCUT2D eigenvalue weighted by atomic mass is 9.98. The zero-order chi connectivity index (χ0) is 15.2. The van der Waals surface area contributed by atoms with Gasteiger partial charge in [-0.15, -0.1) is 0 Å². The molecule has 6 nitrogen and oxygen atoms in total. The first-order valence-electron chi connectivity index (χ1n) is 6.12. The van der Waals surface area contributed by atoms with Crippen LogP contribution in [-0.2, 0) is 0 Å². The molecule has 0 saturated carbocycles. The molecule has 0 saturated heterocycles. The molecule has 7 heteroatoms. The number of hydrogen-bond acceptors (Lipinski definition) is 5. The van der Waals surface area contributed by atoms with Crippen molar-refractivity contribution in [3.8, 4) is 11.8 Å². The van der Waals surface area contributed by atoms with Gasteiger partial charge in [-0.05, 0) is 32.3 Å². The SMILES string of the molecule is CC(N)(C#N)CCCCOc1cc(Br)cc([N+](=O)[O-])c1. The third-order valence-electron chi connectivity index (χ3n) is 2.68. The Morgan fingerprint density at radius 3 is 2.80 bits per heavy atom. The Morgan fingerprint density at radius 2 is 2.20 bits per heavy atom. The molecule has 0 aliphatic heterocycles. The van der Waals surface area contributed by atoms with E-state index in [0.29, 0.717) is 23.2 Å². The van der Waals surface area contributed by atoms with Crippen LogP contribution in [0.2, 0.25) is 0 Å². The van der Waals surface area contributed by atoms with Crippen molar-refractivity contribution in [1.29, 1.82) is 5.26 Å². The number of halogens is 1. The molecule has 0 aromatic heterocycles. The van der Waals surface area contributed by atoms with E-state index in [0.717, 1.165) is 12.8 Å². The van der Waals surface area contributed by atoms with E-state index in [2.05, 4.69) is 15.9 Å². The number of non-ortho nitro benzene ring substituents is 1. The van der Waals surface area contributed by atoms with Crippen molar-refractivity contribution in [2.24, 2.45) is 5.73 Å². The van der Waals surface area contributed by atoms with E-state index in [1.54, 1.807) is 13.0 Å². The van der Waals surface area contributed by atoms with Crippen LogP contribution in [-0.4, -0.2) is 17.1 Å². The predicted octanol–water partition coefficient (Wildman–Crippen LogP) is 3.15. The third kappa shape index (κ3) is 5.55. The molecule has 108 valence electrons. The molecule has 0 radical (unpaired) electrons. The number of nitriles is 1. The number of nitro groups is 1. The number of nitrogens with two attached hydrogens (primary N) is 1. The molecule has 0 fully saturated rings. The molecule has 20 heavy (non-hydrogen) atoms. The monoisotopic (exact) mass is 341 g/mol. The van der Waals surface area contributed by atoms with Crippen LogP contribution in [0.3, 0.4) is 0 Å². The first-order valence-corrected chi connectivity index (χ1v) is 6.91. The van der Waals surface area contributed by atoms with Gasteiger partial charge >= 0.3 is 0 Å². The van der Waals surface area contributed by atoms with Gasteiger partial charge in [0.15, 0.2) is 0 Å². The molecular formula is C13H16BrN3O3. The van der Waals surface area contributed by atoms with Gasteiger partial charge in [-0.25, -0.2) is 0 Å². The number of benzene rings is 1. The van der Waals surface area contributed by atoms with E-state index < -0.39 is 10.5 Å². The van der Waals surface area contributed by atoms with Crippen LogP contribution in [0.4, 0.5) is 5.69 Å². The van der Waals surface area contributed by atoms with Gasteiger partial charge in [0, 0.05) is 10.5 Å². The summed E-state index contributed by atoms with van der Waals surface area (Å²) in [6.45, 7) is 2.11. The summed E-state index contributed by atoms with van der Waals surface area (Å²) >= 11 is 3.20. The Balaban J connectivity index is 2.43. The second-order valence-electron chi connectivity index (χ2n) is 4.74. The quantitative estimate of drug-likeness (QED) is 0.466. The van der Waals surface area contributed by atoms with Gasteiger partial charge in [0.25, 0.3) is 5.69 Å². The zero-order valence-electron chi connectivity index (χ0n) is 11.1. The minimum absolute atomic E-state index is 0.0200. The first-order chi connectivity index (χ1) is 9.34. The Labute approximate surface area is 125 Å². The molecule has 0 heterocycles. The minimum Gasteiger partial charge on any atom is -0.493 e. The summed E-state index contributed by atoms with van der Waals surface area (Å²) in [6, 6.07) is 6.51. The molecule has 0 bridgehead atoms. The van der Waals surface area contributed by atoms with Gasteiger partial charge in [0.05, 0.1) is 23.7 Å². The maximum Gasteiger partial charge on any atom is 0.274 e. The van der Waals surface area contributed by atoms with Crippen molar-refractivity contribution in [1.82, 2.24) is 0 Å². The summed E-state index contributed by atoms with van der Waals surface area (Å²) < 4.78 is 6.07. The Kier molecular flexibility index (Phi) is 5.92. The third-order valence-corrected chi connectivity index (χ3v) is 3.14. The second-order valence-corrected chi connectivity index (χ2v) is 5.65. The first kappa shape index (κ1) is 16.4. The fourth-order valence-electron chi connectivity index (χ4n) is 1.58. The summed E-state index contributed by atoms with van der Waals surface area (Å²) in [5.74, 6) is 0.446. The van der Waals surface area contributed by atoms with E-state index in [-0.39, 0.29) is 5.69 Å². The van der Waals surface area contributed by atoms with Crippen LogP contribution >= 0.6 is 15.9 Å². The van der Waals surface area contributed by atoms with Crippen molar-refractivity contribution in [3.05, 3.63) is 32.8 Å². The van der Waals surface area contributed by atoms with Crippen molar-refractivity contribution < 1.29 is 9.66 Å². The molecule has 0 aliphatic carbocycles. The molecule has 0 aliphatic rings. The number of nitrogens with zero attached hydrogens (tertiary/aromatic N) is 2. The fraction of sp³-hybridized carbons (Fsp3) is 0.462. The van der Waals surface area contributed by atoms with Crippen molar-refractivity contribution >= 4 is 21.6 Å². The van der Waals surface area contributed by atoms with Gasteiger partial charge in [0.2, 0.25) is 0 Å². The minimum atomic E-state index is -0.811. The molecule has 1 aromatic carbocycles. The topological polar surface area (TPSA) is 102 Å². The second kappa shape index (κ2) is 7.22. The van der Waals surface area contributed by atoms with Crippen LogP contribution in [0.25, 0.3) is 0 Å². The molecule has 1 aromatic rings. The van der Waals surface area contributed by atoms with Crippen LogP contribution in [0.5, 0.6) is 5.75 Å². The molecule has 0 amide bonds. The molecule has 1 atom stereocenters. The van der Waals surface area contributed by atoms with Crippen molar-refractivity contribution in [2.75, 3.05) is 6.61 Å². The Bertz CT molecular complexity index is 526. The lowest BCUT2D eigenvalue weighted by Gasteiger charge is -2.14. The van der Waals surface area contributed by atoms with E-state index >= 15 is 0 Å². The standard InChI is InChI=1S/C13H16BrN3O3/c1-13(16,9-15)4-2-3-5-20-12-7-10(14)6-11(8-12)17(18)19/h6-8H,2-5,16H2,1H3. The highest BCUT2D eigenvalue weighted by atomic mass is 79.9. The normalized spacial score (nSPS) is 13.3. The number of rotatable bonds is 7. The van der Waals surface area contributed by atoms with Gasteiger partial charge in [-0.1, -0.05) is 15.9 Å². The summed E-state index contributed by atoms with van der Waals surface area (Å²) in [4.78, 5) is 10.2. The highest BCUT2D eigenvalue weighted by molar-refractivity contribution is 9.10. The molecule has 1 rings (SSSR count). The zero-order valence-corrected chi connectivity index (χ0v) is 12.7. The maximum atomic E-state index is 10.7. The Hall–Kier alpha value is -1.65. The highest BCUT2D eigenvalue weighted by Crippen LogP contribution is 2.26. The number of nitro benzene ring substituents is 1.